The summed E-state index contributed by atoms with van der Waals surface area (Å²) in [6, 6.07) is 22.2. The highest BCUT2D eigenvalue weighted by molar-refractivity contribution is 6.03. The largest absolute Gasteiger partial charge is 0.355 e. The van der Waals surface area contributed by atoms with Gasteiger partial charge in [-0.2, -0.15) is 0 Å². The molecule has 4 N–H and O–H groups in total. The monoisotopic (exact) mass is 398 g/mol. The van der Waals surface area contributed by atoms with Crippen molar-refractivity contribution in [1.82, 2.24) is 0 Å². The molecule has 1 aliphatic heterocycles. The van der Waals surface area contributed by atoms with Crippen LogP contribution in [-0.4, -0.2) is 18.2 Å². The molecule has 0 bridgehead atoms. The van der Waals surface area contributed by atoms with Crippen molar-refractivity contribution >= 4 is 28.7 Å². The number of carbonyl (C=O) groups is 1. The van der Waals surface area contributed by atoms with Gasteiger partial charge in [0.1, 0.15) is 0 Å². The first kappa shape index (κ1) is 19.9. The summed E-state index contributed by atoms with van der Waals surface area (Å²) in [4.78, 5) is 13.8. The van der Waals surface area contributed by atoms with Gasteiger partial charge in [-0.3, -0.25) is 4.79 Å². The maximum Gasteiger partial charge on any atom is 0.227 e. The summed E-state index contributed by atoms with van der Waals surface area (Å²) >= 11 is 0. The van der Waals surface area contributed by atoms with Crippen LogP contribution in [0.25, 0.3) is 11.1 Å². The van der Waals surface area contributed by atoms with E-state index in [-0.39, 0.29) is 5.91 Å². The number of amides is 1. The van der Waals surface area contributed by atoms with Crippen molar-refractivity contribution in [2.45, 2.75) is 26.3 Å². The lowest BCUT2D eigenvalue weighted by Crippen LogP contribution is -2.23. The van der Waals surface area contributed by atoms with E-state index >= 15 is 0 Å². The highest BCUT2D eigenvalue weighted by Gasteiger charge is 2.21. The number of nitrogens with one attached hydrogen (secondary N) is 2. The van der Waals surface area contributed by atoms with E-state index in [2.05, 4.69) is 11.4 Å². The Morgan fingerprint density at radius 1 is 1.07 bits per heavy atom. The fourth-order valence-corrected chi connectivity index (χ4v) is 3.84. The fraction of sp³-hybridized carbons (Fsp3) is 0.200. The fourth-order valence-electron chi connectivity index (χ4n) is 3.84. The molecule has 30 heavy (non-hydrogen) atoms. The third kappa shape index (κ3) is 4.11. The van der Waals surface area contributed by atoms with Gasteiger partial charge in [0.15, 0.2) is 0 Å². The second-order valence-corrected chi connectivity index (χ2v) is 7.61. The van der Waals surface area contributed by atoms with Gasteiger partial charge in [0, 0.05) is 47.8 Å². The molecule has 1 aliphatic rings. The maximum absolute atomic E-state index is 12.0. The molecule has 0 saturated carbocycles. The zero-order valence-corrected chi connectivity index (χ0v) is 17.1. The van der Waals surface area contributed by atoms with Crippen molar-refractivity contribution in [3.8, 4) is 11.1 Å². The third-order valence-electron chi connectivity index (χ3n) is 5.45. The number of hydrogen-bond donors (Lipinski definition) is 3. The molecule has 152 valence electrons. The van der Waals surface area contributed by atoms with E-state index in [1.54, 1.807) is 6.92 Å². The quantitative estimate of drug-likeness (QED) is 0.507. The Hall–Kier alpha value is -3.44. The predicted octanol–water partition coefficient (Wildman–Crippen LogP) is 5.07. The van der Waals surface area contributed by atoms with Crippen LogP contribution in [0.15, 0.2) is 66.7 Å². The van der Waals surface area contributed by atoms with Gasteiger partial charge >= 0.3 is 0 Å². The highest BCUT2D eigenvalue weighted by atomic mass is 16.2. The molecular weight excluding hydrogens is 372 g/mol. The summed E-state index contributed by atoms with van der Waals surface area (Å²) in [5.41, 5.74) is 13.1. The number of nitrogens with two attached hydrogens (primary N) is 1. The van der Waals surface area contributed by atoms with Gasteiger partial charge < -0.3 is 21.4 Å². The molecule has 4 rings (SSSR count). The summed E-state index contributed by atoms with van der Waals surface area (Å²) in [7, 11) is 0. The summed E-state index contributed by atoms with van der Waals surface area (Å²) in [5.74, 6) is 0.194. The van der Waals surface area contributed by atoms with E-state index in [9.17, 15) is 4.79 Å². The highest BCUT2D eigenvalue weighted by Crippen LogP contribution is 2.31. The van der Waals surface area contributed by atoms with Gasteiger partial charge in [-0.25, -0.2) is 0 Å². The summed E-state index contributed by atoms with van der Waals surface area (Å²) in [5, 5.41) is 11.6. The molecule has 5 heteroatoms. The van der Waals surface area contributed by atoms with Crippen LogP contribution >= 0.6 is 0 Å². The first-order valence-corrected chi connectivity index (χ1v) is 10.2. The Morgan fingerprint density at radius 2 is 1.83 bits per heavy atom. The average molecular weight is 399 g/mol. The molecule has 1 heterocycles. The number of carbonyl (C=O) groups excluding carboxylic acids is 1. The topological polar surface area (TPSA) is 82.2 Å². The average Bonchev–Trinajstić information content (AvgIpc) is 3.19. The van der Waals surface area contributed by atoms with Gasteiger partial charge in [0.05, 0.1) is 0 Å². The lowest BCUT2D eigenvalue weighted by molar-refractivity contribution is -0.117. The lowest BCUT2D eigenvalue weighted by atomic mass is 10.00. The van der Waals surface area contributed by atoms with Crippen LogP contribution in [0.2, 0.25) is 0 Å². The van der Waals surface area contributed by atoms with Crippen LogP contribution in [0, 0.1) is 5.41 Å². The molecule has 1 amide bonds. The Morgan fingerprint density at radius 3 is 2.50 bits per heavy atom. The number of benzene rings is 3. The van der Waals surface area contributed by atoms with Gasteiger partial charge in [-0.1, -0.05) is 36.4 Å². The van der Waals surface area contributed by atoms with Crippen molar-refractivity contribution < 1.29 is 4.79 Å². The number of nitrogens with zero attached hydrogens (tertiary/aromatic N) is 1. The minimum atomic E-state index is 0.194. The van der Waals surface area contributed by atoms with Crippen molar-refractivity contribution in [1.29, 1.82) is 5.41 Å². The molecule has 0 atom stereocenters. The zero-order valence-electron chi connectivity index (χ0n) is 17.1. The minimum absolute atomic E-state index is 0.194. The second kappa shape index (κ2) is 8.51. The molecule has 3 aromatic rings. The van der Waals surface area contributed by atoms with Gasteiger partial charge in [0.2, 0.25) is 5.91 Å². The number of rotatable bonds is 6. The Bertz CT molecular complexity index is 1090. The molecule has 0 unspecified atom stereocenters. The van der Waals surface area contributed by atoms with E-state index in [0.717, 1.165) is 52.3 Å². The normalized spacial score (nSPS) is 13.5. The van der Waals surface area contributed by atoms with E-state index < -0.39 is 0 Å². The molecule has 1 fully saturated rings. The Balaban J connectivity index is 1.65. The minimum Gasteiger partial charge on any atom is -0.355 e. The van der Waals surface area contributed by atoms with Crippen molar-refractivity contribution in [3.05, 3.63) is 77.9 Å². The summed E-state index contributed by atoms with van der Waals surface area (Å²) < 4.78 is 0. The van der Waals surface area contributed by atoms with Crippen LogP contribution in [0.1, 0.15) is 30.9 Å². The molecular formula is C25H26N4O. The van der Waals surface area contributed by atoms with Gasteiger partial charge in [0.25, 0.3) is 0 Å². The lowest BCUT2D eigenvalue weighted by Gasteiger charge is -2.17. The van der Waals surface area contributed by atoms with Gasteiger partial charge in [-0.05, 0) is 60.4 Å². The zero-order chi connectivity index (χ0) is 21.1. The molecule has 3 aromatic carbocycles. The molecule has 0 aliphatic carbocycles. The second-order valence-electron chi connectivity index (χ2n) is 7.61. The molecule has 0 radical (unpaired) electrons. The van der Waals surface area contributed by atoms with Crippen molar-refractivity contribution in [2.75, 3.05) is 16.8 Å². The molecule has 1 saturated heterocycles. The van der Waals surface area contributed by atoms with Crippen LogP contribution in [-0.2, 0) is 11.3 Å². The smallest absolute Gasteiger partial charge is 0.227 e. The van der Waals surface area contributed by atoms with Crippen LogP contribution in [0.5, 0.6) is 0 Å². The van der Waals surface area contributed by atoms with Crippen LogP contribution in [0.3, 0.4) is 0 Å². The van der Waals surface area contributed by atoms with E-state index in [1.807, 2.05) is 65.6 Å². The number of anilines is 3. The maximum atomic E-state index is 12.0. The molecule has 0 aromatic heterocycles. The van der Waals surface area contributed by atoms with Crippen molar-refractivity contribution in [3.63, 3.8) is 0 Å². The third-order valence-corrected chi connectivity index (χ3v) is 5.45. The SMILES string of the molecule is CC(=N)c1ccc(-c2ccc(N3CCCC3=O)cc2)cc1Nc1cccc(CN)c1. The Kier molecular flexibility index (Phi) is 5.63. The van der Waals surface area contributed by atoms with E-state index in [4.69, 9.17) is 11.1 Å². The van der Waals surface area contributed by atoms with E-state index in [1.165, 1.54) is 0 Å². The summed E-state index contributed by atoms with van der Waals surface area (Å²) in [6.07, 6.45) is 1.55. The Labute approximate surface area is 177 Å². The molecule has 0 spiro atoms. The standard InChI is InChI=1S/C25H26N4O/c1-17(27)23-12-9-20(15-24(23)28-21-5-2-4-18(14-21)16-26)19-7-10-22(11-8-19)29-13-3-6-25(29)30/h2,4-5,7-12,14-15,27-28H,3,6,13,16,26H2,1H3. The van der Waals surface area contributed by atoms with Crippen LogP contribution in [0.4, 0.5) is 17.1 Å². The summed E-state index contributed by atoms with van der Waals surface area (Å²) in [6.45, 7) is 3.07. The van der Waals surface area contributed by atoms with Crippen LogP contribution < -0.4 is 16.0 Å². The van der Waals surface area contributed by atoms with Gasteiger partial charge in [-0.15, -0.1) is 0 Å². The first-order chi connectivity index (χ1) is 14.5. The predicted molar refractivity (Wildman–Crippen MR) is 124 cm³/mol. The van der Waals surface area contributed by atoms with E-state index in [0.29, 0.717) is 18.7 Å². The van der Waals surface area contributed by atoms with Crippen molar-refractivity contribution in [2.24, 2.45) is 5.73 Å². The number of hydrogen-bond acceptors (Lipinski definition) is 4. The first-order valence-electron chi connectivity index (χ1n) is 10.2. The molecule has 5 nitrogen and oxygen atoms in total.